The van der Waals surface area contributed by atoms with Crippen molar-refractivity contribution in [1.29, 1.82) is 0 Å². The summed E-state index contributed by atoms with van der Waals surface area (Å²) >= 11 is 0. The second kappa shape index (κ2) is 21.3. The molecule has 17 nitrogen and oxygen atoms in total. The number of amides is 4. The number of benzene rings is 2. The monoisotopic (exact) mass is 999 g/mol. The lowest BCUT2D eigenvalue weighted by molar-refractivity contribution is -0.136. The number of halogens is 2. The third kappa shape index (κ3) is 10.7. The van der Waals surface area contributed by atoms with Gasteiger partial charge in [-0.1, -0.05) is 76.2 Å². The van der Waals surface area contributed by atoms with E-state index < -0.39 is 30.2 Å². The van der Waals surface area contributed by atoms with Crippen LogP contribution >= 0.6 is 0 Å². The van der Waals surface area contributed by atoms with Crippen molar-refractivity contribution in [1.82, 2.24) is 49.9 Å². The second-order valence-electron chi connectivity index (χ2n) is 19.8. The third-order valence-corrected chi connectivity index (χ3v) is 14.4. The lowest BCUT2D eigenvalue weighted by Gasteiger charge is -2.32. The number of rotatable bonds is 14. The molecular formula is C54H63F2N11O6. The van der Waals surface area contributed by atoms with Crippen molar-refractivity contribution in [2.75, 3.05) is 45.3 Å². The number of nitrogens with zero attached hydrogens (tertiary/aromatic N) is 7. The zero-order valence-corrected chi connectivity index (χ0v) is 42.0. The fourth-order valence-corrected chi connectivity index (χ4v) is 10.3. The van der Waals surface area contributed by atoms with Gasteiger partial charge in [0, 0.05) is 39.0 Å². The molecule has 73 heavy (non-hydrogen) atoms. The summed E-state index contributed by atoms with van der Waals surface area (Å²) in [6.45, 7) is 9.10. The third-order valence-electron chi connectivity index (χ3n) is 14.4. The minimum Gasteiger partial charge on any atom is -0.453 e. The van der Waals surface area contributed by atoms with Gasteiger partial charge in [0.15, 0.2) is 0 Å². The highest BCUT2D eigenvalue weighted by atomic mass is 19.3. The highest BCUT2D eigenvalue weighted by Crippen LogP contribution is 2.38. The van der Waals surface area contributed by atoms with Gasteiger partial charge < -0.3 is 49.3 Å². The Morgan fingerprint density at radius 3 is 1.44 bits per heavy atom. The number of ether oxygens (including phenoxy) is 2. The van der Waals surface area contributed by atoms with Crippen LogP contribution in [0.2, 0.25) is 0 Å². The maximum atomic E-state index is 14.1. The Kier molecular flexibility index (Phi) is 14.7. The number of pyridine rings is 1. The molecule has 6 aromatic rings. The van der Waals surface area contributed by atoms with Gasteiger partial charge in [0.1, 0.15) is 29.6 Å². The highest BCUT2D eigenvalue weighted by Gasteiger charge is 2.39. The Morgan fingerprint density at radius 1 is 0.603 bits per heavy atom. The molecule has 3 saturated heterocycles. The Hall–Kier alpha value is -7.57. The molecule has 3 aliphatic heterocycles. The molecule has 3 fully saturated rings. The molecule has 384 valence electrons. The number of H-pyrrole nitrogens is 2. The summed E-state index contributed by atoms with van der Waals surface area (Å²) in [4.78, 5) is 78.4. The van der Waals surface area contributed by atoms with Gasteiger partial charge >= 0.3 is 12.2 Å². The fourth-order valence-electron chi connectivity index (χ4n) is 10.3. The second-order valence-corrected chi connectivity index (χ2v) is 19.8. The molecule has 4 aromatic heterocycles. The van der Waals surface area contributed by atoms with Crippen molar-refractivity contribution >= 4 is 29.8 Å². The summed E-state index contributed by atoms with van der Waals surface area (Å²) in [7, 11) is 2.56. The van der Waals surface area contributed by atoms with Gasteiger partial charge in [-0.05, 0) is 84.0 Å². The number of alkyl halides is 2. The van der Waals surface area contributed by atoms with Crippen LogP contribution in [0.4, 0.5) is 24.2 Å². The van der Waals surface area contributed by atoms with E-state index in [2.05, 4.69) is 61.6 Å². The van der Waals surface area contributed by atoms with Crippen LogP contribution in [0.25, 0.3) is 50.7 Å². The number of piperidine rings is 1. The number of likely N-dealkylation sites (tertiary alicyclic amines) is 2. The first-order chi connectivity index (χ1) is 35.1. The van der Waals surface area contributed by atoms with Crippen LogP contribution in [-0.2, 0) is 19.1 Å². The summed E-state index contributed by atoms with van der Waals surface area (Å²) in [5.74, 6) is -1.31. The van der Waals surface area contributed by atoms with Crippen LogP contribution in [0.1, 0.15) is 90.0 Å². The molecule has 0 bridgehead atoms. The molecule has 4 atom stereocenters. The molecule has 19 heteroatoms. The van der Waals surface area contributed by atoms with E-state index in [0.29, 0.717) is 30.6 Å². The maximum absolute atomic E-state index is 14.1. The Labute approximate surface area is 423 Å². The first kappa shape index (κ1) is 50.4. The largest absolute Gasteiger partial charge is 0.453 e. The van der Waals surface area contributed by atoms with Crippen molar-refractivity contribution < 1.29 is 37.4 Å². The summed E-state index contributed by atoms with van der Waals surface area (Å²) in [6, 6.07) is 22.3. The van der Waals surface area contributed by atoms with Gasteiger partial charge in [0.2, 0.25) is 11.8 Å². The molecular weight excluding hydrogens is 937 g/mol. The van der Waals surface area contributed by atoms with E-state index in [-0.39, 0.29) is 61.7 Å². The number of anilines is 1. The van der Waals surface area contributed by atoms with Crippen molar-refractivity contribution in [3.63, 3.8) is 0 Å². The Bertz CT molecular complexity index is 2740. The van der Waals surface area contributed by atoms with E-state index in [1.165, 1.54) is 14.2 Å². The number of methoxy groups -OCH3 is 2. The number of imidazole rings is 2. The number of alkyl carbamates (subject to hydrolysis) is 2. The van der Waals surface area contributed by atoms with Crippen LogP contribution in [0, 0.1) is 11.8 Å². The standard InChI is InChI=1S/C54H63F2N11O6/c1-32(2)46(62-52(70)72-5)50(68)65-25-7-9-43(65)48-58-30-39(60-48)34-11-15-36(16-12-34)41-20-21-42(67(41)38-19-22-45(57-29-38)64-27-23-54(55,56)24-28-64)37-17-13-35(14-18-37)40-31-59-49(61-40)44-10-8-26-66(44)51(69)47(33(3)4)63-53(71)73-6/h11-22,29-33,43-44,46-47H,7-10,23-28H2,1-6H3,(H,58,60)(H,59,61)(H,62,70)(H,63,71)/t43-,44-,46-,47-/m0/s1. The molecule has 0 radical (unpaired) electrons. The van der Waals surface area contributed by atoms with E-state index in [0.717, 1.165) is 76.4 Å². The van der Waals surface area contributed by atoms with Gasteiger partial charge in [-0.25, -0.2) is 33.3 Å². The van der Waals surface area contributed by atoms with Crippen LogP contribution in [0.15, 0.2) is 91.4 Å². The summed E-state index contributed by atoms with van der Waals surface area (Å²) < 4.78 is 39.9. The van der Waals surface area contributed by atoms with Gasteiger partial charge in [0.05, 0.1) is 73.4 Å². The summed E-state index contributed by atoms with van der Waals surface area (Å²) in [5, 5.41) is 5.40. The van der Waals surface area contributed by atoms with Gasteiger partial charge in [0.25, 0.3) is 5.92 Å². The van der Waals surface area contributed by atoms with Gasteiger partial charge in [-0.3, -0.25) is 9.59 Å². The first-order valence-electron chi connectivity index (χ1n) is 25.0. The summed E-state index contributed by atoms with van der Waals surface area (Å²) in [6.07, 6.45) is 6.70. The minimum atomic E-state index is -2.67. The number of nitrogens with one attached hydrogen (secondary N) is 4. The number of aromatic nitrogens is 6. The van der Waals surface area contributed by atoms with Crippen molar-refractivity contribution in [2.45, 2.75) is 96.3 Å². The molecule has 4 amide bonds. The Morgan fingerprint density at radius 2 is 1.04 bits per heavy atom. The van der Waals surface area contributed by atoms with Crippen LogP contribution in [0.5, 0.6) is 0 Å². The van der Waals surface area contributed by atoms with Gasteiger partial charge in [-0.2, -0.15) is 0 Å². The maximum Gasteiger partial charge on any atom is 0.407 e. The van der Waals surface area contributed by atoms with Crippen LogP contribution in [0.3, 0.4) is 0 Å². The topological polar surface area (TPSA) is 196 Å². The van der Waals surface area contributed by atoms with E-state index in [4.69, 9.17) is 24.4 Å². The predicted octanol–water partition coefficient (Wildman–Crippen LogP) is 9.31. The summed E-state index contributed by atoms with van der Waals surface area (Å²) in [5.41, 5.74) is 7.87. The SMILES string of the molecule is COC(=O)N[C@H](C(=O)N1CCC[C@H]1c1ncc(-c2ccc(-c3ccc(-c4ccc(-c5cnc([C@@H]6CCCN6C(=O)[C@@H](NC(=O)OC)C(C)C)[nH]5)cc4)n3-c3ccc(N4CCC(F)(F)CC4)nc3)cc2)[nH]1)C(C)C. The van der Waals surface area contributed by atoms with E-state index in [1.807, 2.05) is 69.0 Å². The van der Waals surface area contributed by atoms with Crippen LogP contribution < -0.4 is 15.5 Å². The predicted molar refractivity (Wildman–Crippen MR) is 272 cm³/mol. The van der Waals surface area contributed by atoms with Crippen molar-refractivity contribution in [2.24, 2.45) is 11.8 Å². The van der Waals surface area contributed by atoms with E-state index in [1.54, 1.807) is 28.4 Å². The number of carbonyl (C=O) groups is 4. The molecule has 3 aliphatic rings. The Balaban J connectivity index is 0.973. The van der Waals surface area contributed by atoms with Crippen LogP contribution in [-0.4, -0.2) is 122 Å². The van der Waals surface area contributed by atoms with E-state index in [9.17, 15) is 28.0 Å². The smallest absolute Gasteiger partial charge is 0.407 e. The normalized spacial score (nSPS) is 18.5. The first-order valence-corrected chi connectivity index (χ1v) is 25.0. The van der Waals surface area contributed by atoms with E-state index >= 15 is 0 Å². The lowest BCUT2D eigenvalue weighted by atomic mass is 10.0. The molecule has 7 heterocycles. The number of hydrogen-bond acceptors (Lipinski definition) is 10. The number of carbonyl (C=O) groups excluding carboxylic acids is 4. The average Bonchev–Trinajstić information content (AvgIpc) is 4.27. The number of aromatic amines is 2. The quantitative estimate of drug-likeness (QED) is 0.0817. The molecule has 0 unspecified atom stereocenters. The van der Waals surface area contributed by atoms with Crippen molar-refractivity contribution in [3.8, 4) is 50.7 Å². The molecule has 0 aliphatic carbocycles. The molecule has 9 rings (SSSR count). The zero-order valence-electron chi connectivity index (χ0n) is 42.0. The number of hydrogen-bond donors (Lipinski definition) is 4. The molecule has 2 aromatic carbocycles. The van der Waals surface area contributed by atoms with Gasteiger partial charge in [-0.15, -0.1) is 0 Å². The minimum absolute atomic E-state index is 0.147. The lowest BCUT2D eigenvalue weighted by Crippen LogP contribution is -2.51. The highest BCUT2D eigenvalue weighted by molar-refractivity contribution is 5.87. The fraction of sp³-hybridized carbons (Fsp3) is 0.426. The average molecular weight is 1000 g/mol. The zero-order chi connectivity index (χ0) is 51.6. The van der Waals surface area contributed by atoms with Crippen molar-refractivity contribution in [3.05, 3.63) is 103 Å². The molecule has 0 saturated carbocycles. The molecule has 0 spiro atoms. The molecule has 4 N–H and O–H groups in total.